The Labute approximate surface area is 223 Å². The topological polar surface area (TPSA) is 90.9 Å². The van der Waals surface area contributed by atoms with Crippen molar-refractivity contribution in [2.75, 3.05) is 59.2 Å². The molecule has 0 bridgehead atoms. The summed E-state index contributed by atoms with van der Waals surface area (Å²) in [6.45, 7) is 8.22. The first-order valence-electron chi connectivity index (χ1n) is 13.2. The molecule has 8 nitrogen and oxygen atoms in total. The molecule has 1 unspecified atom stereocenters. The fourth-order valence-electron chi connectivity index (χ4n) is 4.91. The molecule has 2 aliphatic rings. The van der Waals surface area contributed by atoms with Crippen molar-refractivity contribution in [1.29, 1.82) is 0 Å². The molecule has 2 aromatic carbocycles. The molecule has 0 radical (unpaired) electrons. The third kappa shape index (κ3) is 7.09. The number of morpholine rings is 2. The number of hydrogen-bond acceptors (Lipinski definition) is 7. The lowest BCUT2D eigenvalue weighted by atomic mass is 9.94. The highest BCUT2D eigenvalue weighted by Gasteiger charge is 2.23. The van der Waals surface area contributed by atoms with Gasteiger partial charge in [-0.1, -0.05) is 36.1 Å². The second-order valence-corrected chi connectivity index (χ2v) is 9.81. The largest absolute Gasteiger partial charge is 0.502 e. The van der Waals surface area contributed by atoms with Crippen molar-refractivity contribution in [2.45, 2.75) is 18.9 Å². The smallest absolute Gasteiger partial charge is 0.293 e. The molecular weight excluding hydrogens is 480 g/mol. The summed E-state index contributed by atoms with van der Waals surface area (Å²) in [5.74, 6) is 6.10. The maximum absolute atomic E-state index is 12.0. The highest BCUT2D eigenvalue weighted by molar-refractivity contribution is 5.44. The molecule has 198 valence electrons. The molecular formula is C30H34N4O4. The Morgan fingerprint density at radius 3 is 2.00 bits per heavy atom. The van der Waals surface area contributed by atoms with Gasteiger partial charge in [0, 0.05) is 56.3 Å². The van der Waals surface area contributed by atoms with Crippen LogP contribution >= 0.6 is 0 Å². The van der Waals surface area contributed by atoms with E-state index >= 15 is 0 Å². The van der Waals surface area contributed by atoms with E-state index in [1.54, 1.807) is 0 Å². The summed E-state index contributed by atoms with van der Waals surface area (Å²) in [5.41, 5.74) is 4.23. The lowest BCUT2D eigenvalue weighted by Crippen LogP contribution is -2.39. The SMILES string of the molecule is O=c1[nH]cnc(C(Cc2ccc(C#Cc3ccc(CN4CCOCC4)cc3)cc2)CN2CCOCC2)c1O. The van der Waals surface area contributed by atoms with Gasteiger partial charge >= 0.3 is 0 Å². The van der Waals surface area contributed by atoms with E-state index in [4.69, 9.17) is 9.47 Å². The van der Waals surface area contributed by atoms with Gasteiger partial charge < -0.3 is 19.6 Å². The summed E-state index contributed by atoms with van der Waals surface area (Å²) >= 11 is 0. The normalized spacial score (nSPS) is 17.5. The van der Waals surface area contributed by atoms with Gasteiger partial charge in [-0.15, -0.1) is 0 Å². The van der Waals surface area contributed by atoms with Crippen LogP contribution in [0.15, 0.2) is 59.7 Å². The molecule has 2 saturated heterocycles. The predicted octanol–water partition coefficient (Wildman–Crippen LogP) is 2.37. The van der Waals surface area contributed by atoms with Crippen LogP contribution in [0.1, 0.15) is 33.9 Å². The number of ether oxygens (including phenoxy) is 2. The summed E-state index contributed by atoms with van der Waals surface area (Å²) in [4.78, 5) is 23.5. The van der Waals surface area contributed by atoms with E-state index in [0.29, 0.717) is 31.9 Å². The van der Waals surface area contributed by atoms with Crippen molar-refractivity contribution in [3.8, 4) is 17.6 Å². The van der Waals surface area contributed by atoms with Gasteiger partial charge in [-0.3, -0.25) is 14.6 Å². The van der Waals surface area contributed by atoms with Gasteiger partial charge in [0.2, 0.25) is 5.75 Å². The van der Waals surface area contributed by atoms with Crippen LogP contribution in [-0.2, 0) is 22.4 Å². The van der Waals surface area contributed by atoms with Crippen LogP contribution < -0.4 is 5.56 Å². The Balaban J connectivity index is 1.24. The van der Waals surface area contributed by atoms with Crippen LogP contribution in [0.3, 0.4) is 0 Å². The van der Waals surface area contributed by atoms with Gasteiger partial charge in [-0.25, -0.2) is 4.98 Å². The predicted molar refractivity (Wildman–Crippen MR) is 145 cm³/mol. The van der Waals surface area contributed by atoms with Gasteiger partial charge in [-0.05, 0) is 41.8 Å². The van der Waals surface area contributed by atoms with Crippen LogP contribution in [0.25, 0.3) is 0 Å². The minimum absolute atomic E-state index is 0.122. The third-order valence-electron chi connectivity index (χ3n) is 7.08. The van der Waals surface area contributed by atoms with Gasteiger partial charge in [0.25, 0.3) is 5.56 Å². The molecule has 3 heterocycles. The van der Waals surface area contributed by atoms with Gasteiger partial charge in [0.15, 0.2) is 0 Å². The molecule has 2 aliphatic heterocycles. The van der Waals surface area contributed by atoms with Crippen LogP contribution in [0.2, 0.25) is 0 Å². The summed E-state index contributed by atoms with van der Waals surface area (Å²) < 4.78 is 10.9. The second kappa shape index (κ2) is 12.9. The lowest BCUT2D eigenvalue weighted by Gasteiger charge is -2.30. The van der Waals surface area contributed by atoms with Crippen molar-refractivity contribution in [3.05, 3.63) is 93.2 Å². The molecule has 0 aliphatic carbocycles. The quantitative estimate of drug-likeness (QED) is 0.468. The van der Waals surface area contributed by atoms with Crippen molar-refractivity contribution >= 4 is 0 Å². The van der Waals surface area contributed by atoms with Crippen LogP contribution in [0, 0.1) is 11.8 Å². The Bertz CT molecular complexity index is 1300. The highest BCUT2D eigenvalue weighted by atomic mass is 16.5. The number of benzene rings is 2. The molecule has 0 spiro atoms. The molecule has 8 heteroatoms. The maximum atomic E-state index is 12.0. The van der Waals surface area contributed by atoms with E-state index in [1.165, 1.54) is 11.9 Å². The minimum Gasteiger partial charge on any atom is -0.502 e. The molecule has 38 heavy (non-hydrogen) atoms. The van der Waals surface area contributed by atoms with Gasteiger partial charge in [-0.2, -0.15) is 0 Å². The summed E-state index contributed by atoms with van der Waals surface area (Å²) in [7, 11) is 0. The molecule has 1 atom stereocenters. The average Bonchev–Trinajstić information content (AvgIpc) is 2.96. The molecule has 1 aromatic heterocycles. The van der Waals surface area contributed by atoms with Crippen molar-refractivity contribution in [3.63, 3.8) is 0 Å². The third-order valence-corrected chi connectivity index (χ3v) is 7.08. The molecule has 5 rings (SSSR count). The Morgan fingerprint density at radius 1 is 0.842 bits per heavy atom. The number of nitrogens with one attached hydrogen (secondary N) is 1. The molecule has 3 aromatic rings. The van der Waals surface area contributed by atoms with Gasteiger partial charge in [0.05, 0.1) is 38.4 Å². The first-order valence-corrected chi connectivity index (χ1v) is 13.2. The standard InChI is InChI=1S/C30H34N4O4/c35-29-28(31-22-32-30(29)36)27(21-34-13-17-38-18-14-34)19-25-7-3-23(4-8-25)1-2-24-5-9-26(10-6-24)20-33-11-15-37-16-12-33/h3-10,22,27,35H,11-21H2,(H,31,32,36). The fraction of sp³-hybridized carbons (Fsp3) is 0.400. The monoisotopic (exact) mass is 514 g/mol. The number of hydrogen-bond donors (Lipinski definition) is 2. The molecule has 0 amide bonds. The van der Waals surface area contributed by atoms with Crippen LogP contribution in [-0.4, -0.2) is 84.0 Å². The van der Waals surface area contributed by atoms with E-state index in [0.717, 1.165) is 62.6 Å². The first-order chi connectivity index (χ1) is 18.6. The van der Waals surface area contributed by atoms with E-state index in [-0.39, 0.29) is 11.7 Å². The van der Waals surface area contributed by atoms with Crippen LogP contribution in [0.4, 0.5) is 0 Å². The summed E-state index contributed by atoms with van der Waals surface area (Å²) in [6, 6.07) is 16.6. The summed E-state index contributed by atoms with van der Waals surface area (Å²) in [5, 5.41) is 10.4. The van der Waals surface area contributed by atoms with Crippen molar-refractivity contribution < 1.29 is 14.6 Å². The van der Waals surface area contributed by atoms with E-state index in [1.807, 2.05) is 12.1 Å². The number of H-pyrrole nitrogens is 1. The maximum Gasteiger partial charge on any atom is 0.293 e. The minimum atomic E-state index is -0.512. The zero-order valence-corrected chi connectivity index (χ0v) is 21.6. The number of rotatable bonds is 7. The van der Waals surface area contributed by atoms with E-state index in [2.05, 4.69) is 68.0 Å². The first kappa shape index (κ1) is 26.1. The molecule has 2 fully saturated rings. The summed E-state index contributed by atoms with van der Waals surface area (Å²) in [6.07, 6.45) is 2.01. The van der Waals surface area contributed by atoms with E-state index < -0.39 is 5.56 Å². The Morgan fingerprint density at radius 2 is 1.39 bits per heavy atom. The number of aromatic hydroxyl groups is 1. The number of nitrogens with zero attached hydrogens (tertiary/aromatic N) is 3. The van der Waals surface area contributed by atoms with Crippen molar-refractivity contribution in [2.24, 2.45) is 0 Å². The highest BCUT2D eigenvalue weighted by Crippen LogP contribution is 2.25. The average molecular weight is 515 g/mol. The Hall–Kier alpha value is -3.48. The van der Waals surface area contributed by atoms with E-state index in [9.17, 15) is 9.90 Å². The van der Waals surface area contributed by atoms with Gasteiger partial charge in [0.1, 0.15) is 0 Å². The van der Waals surface area contributed by atoms with Crippen molar-refractivity contribution in [1.82, 2.24) is 19.8 Å². The Kier molecular flexibility index (Phi) is 8.84. The second-order valence-electron chi connectivity index (χ2n) is 9.81. The van der Waals surface area contributed by atoms with Crippen LogP contribution in [0.5, 0.6) is 5.75 Å². The molecule has 2 N–H and O–H groups in total. The zero-order chi connectivity index (χ0) is 26.2. The number of aromatic amines is 1. The fourth-order valence-corrected chi connectivity index (χ4v) is 4.91. The molecule has 0 saturated carbocycles. The zero-order valence-electron chi connectivity index (χ0n) is 21.6. The number of aromatic nitrogens is 2. The lowest BCUT2D eigenvalue weighted by molar-refractivity contribution is 0.0342.